The molecule has 0 heterocycles. The first-order valence-corrected chi connectivity index (χ1v) is 5.82. The van der Waals surface area contributed by atoms with Gasteiger partial charge in [0.1, 0.15) is 6.61 Å². The fraction of sp³-hybridized carbons (Fsp3) is 0.333. The molecule has 17 heavy (non-hydrogen) atoms. The van der Waals surface area contributed by atoms with E-state index in [-0.39, 0.29) is 0 Å². The quantitative estimate of drug-likeness (QED) is 0.657. The largest absolute Gasteiger partial charge is 0.465 e. The van der Waals surface area contributed by atoms with Gasteiger partial charge in [0.15, 0.2) is 0 Å². The molecule has 0 atom stereocenters. The van der Waals surface area contributed by atoms with Crippen LogP contribution in [0.2, 0.25) is 0 Å². The molecule has 0 saturated heterocycles. The van der Waals surface area contributed by atoms with Crippen LogP contribution in [0.4, 0.5) is 0 Å². The molecule has 92 valence electrons. The first-order valence-electron chi connectivity index (χ1n) is 5.00. The molecule has 0 radical (unpaired) electrons. The van der Waals surface area contributed by atoms with Gasteiger partial charge in [0.05, 0.1) is 12.7 Å². The molecule has 1 N–H and O–H groups in total. The Kier molecular flexibility index (Phi) is 4.72. The number of methoxy groups -OCH3 is 1. The zero-order valence-electron chi connectivity index (χ0n) is 9.94. The molecule has 0 aliphatic heterocycles. The van der Waals surface area contributed by atoms with Gasteiger partial charge in [-0.15, -0.1) is 0 Å². The van der Waals surface area contributed by atoms with E-state index in [9.17, 15) is 9.59 Å². The highest BCUT2D eigenvalue weighted by Crippen LogP contribution is 2.27. The zero-order valence-corrected chi connectivity index (χ0v) is 10.8. The van der Waals surface area contributed by atoms with Crippen molar-refractivity contribution in [2.45, 2.75) is 18.7 Å². The molecule has 0 fully saturated rings. The summed E-state index contributed by atoms with van der Waals surface area (Å²) in [7, 11) is 1.29. The van der Waals surface area contributed by atoms with Crippen LogP contribution in [0.5, 0.6) is 0 Å². The molecule has 1 aromatic carbocycles. The topological polar surface area (TPSA) is 63.6 Å². The van der Waals surface area contributed by atoms with E-state index in [4.69, 9.17) is 5.11 Å². The number of ether oxygens (including phenoxy) is 1. The third kappa shape index (κ3) is 3.31. The summed E-state index contributed by atoms with van der Waals surface area (Å²) in [6, 6.07) is 3.44. The third-order valence-electron chi connectivity index (χ3n) is 2.35. The van der Waals surface area contributed by atoms with Gasteiger partial charge < -0.3 is 9.84 Å². The maximum atomic E-state index is 11.6. The van der Waals surface area contributed by atoms with Crippen molar-refractivity contribution in [1.82, 2.24) is 0 Å². The van der Waals surface area contributed by atoms with Gasteiger partial charge in [0.2, 0.25) is 5.12 Å². The second-order valence-corrected chi connectivity index (χ2v) is 4.66. The fourth-order valence-corrected chi connectivity index (χ4v) is 2.10. The monoisotopic (exact) mass is 254 g/mol. The van der Waals surface area contributed by atoms with E-state index in [1.54, 1.807) is 12.1 Å². The van der Waals surface area contributed by atoms with Crippen LogP contribution in [0.25, 0.3) is 0 Å². The summed E-state index contributed by atoms with van der Waals surface area (Å²) in [4.78, 5) is 23.3. The molecular weight excluding hydrogens is 240 g/mol. The SMILES string of the molecule is COC(=O)c1cc(C)c(C)cc1SC(=O)CO. The van der Waals surface area contributed by atoms with Gasteiger partial charge in [-0.1, -0.05) is 0 Å². The van der Waals surface area contributed by atoms with Crippen LogP contribution in [-0.2, 0) is 9.53 Å². The predicted octanol–water partition coefficient (Wildman–Crippen LogP) is 1.70. The second kappa shape index (κ2) is 5.84. The minimum atomic E-state index is -0.557. The van der Waals surface area contributed by atoms with Gasteiger partial charge in [0, 0.05) is 4.90 Å². The van der Waals surface area contributed by atoms with E-state index < -0.39 is 17.7 Å². The Bertz CT molecular complexity index is 454. The third-order valence-corrected chi connectivity index (χ3v) is 3.27. The Hall–Kier alpha value is -1.33. The average Bonchev–Trinajstić information content (AvgIpc) is 2.32. The molecule has 0 spiro atoms. The van der Waals surface area contributed by atoms with Crippen molar-refractivity contribution in [2.75, 3.05) is 13.7 Å². The molecular formula is C12H14O4S. The van der Waals surface area contributed by atoms with E-state index in [1.165, 1.54) is 7.11 Å². The first-order chi connectivity index (χ1) is 7.99. The van der Waals surface area contributed by atoms with Gasteiger partial charge in [-0.3, -0.25) is 4.79 Å². The van der Waals surface area contributed by atoms with Gasteiger partial charge >= 0.3 is 5.97 Å². The maximum Gasteiger partial charge on any atom is 0.339 e. The molecule has 4 nitrogen and oxygen atoms in total. The molecule has 0 bridgehead atoms. The molecule has 1 rings (SSSR count). The number of hydrogen-bond acceptors (Lipinski definition) is 5. The molecule has 0 aromatic heterocycles. The lowest BCUT2D eigenvalue weighted by Gasteiger charge is -2.09. The van der Waals surface area contributed by atoms with Gasteiger partial charge in [-0.25, -0.2) is 4.79 Å². The van der Waals surface area contributed by atoms with Crippen molar-refractivity contribution in [3.05, 3.63) is 28.8 Å². The van der Waals surface area contributed by atoms with Crippen molar-refractivity contribution < 1.29 is 19.4 Å². The summed E-state index contributed by atoms with van der Waals surface area (Å²) in [5, 5.41) is 8.32. The molecule has 0 aliphatic rings. The lowest BCUT2D eigenvalue weighted by Crippen LogP contribution is -2.06. The van der Waals surface area contributed by atoms with Crippen LogP contribution >= 0.6 is 11.8 Å². The van der Waals surface area contributed by atoms with E-state index in [2.05, 4.69) is 4.74 Å². The Morgan fingerprint density at radius 2 is 1.88 bits per heavy atom. The summed E-state index contributed by atoms with van der Waals surface area (Å²) < 4.78 is 4.66. The summed E-state index contributed by atoms with van der Waals surface area (Å²) in [6.45, 7) is 3.21. The van der Waals surface area contributed by atoms with Crippen molar-refractivity contribution >= 4 is 22.8 Å². The van der Waals surface area contributed by atoms with Crippen LogP contribution in [0.1, 0.15) is 21.5 Å². The van der Waals surface area contributed by atoms with E-state index >= 15 is 0 Å². The Labute approximate surface area is 104 Å². The van der Waals surface area contributed by atoms with Crippen molar-refractivity contribution in [2.24, 2.45) is 0 Å². The number of aliphatic hydroxyl groups excluding tert-OH is 1. The van der Waals surface area contributed by atoms with Crippen molar-refractivity contribution in [3.8, 4) is 0 Å². The second-order valence-electron chi connectivity index (χ2n) is 3.56. The van der Waals surface area contributed by atoms with E-state index in [0.717, 1.165) is 22.9 Å². The summed E-state index contributed by atoms with van der Waals surface area (Å²) in [6.07, 6.45) is 0. The number of aliphatic hydroxyl groups is 1. The number of hydrogen-bond donors (Lipinski definition) is 1. The van der Waals surface area contributed by atoms with Gasteiger partial charge in [-0.05, 0) is 48.9 Å². The highest BCUT2D eigenvalue weighted by molar-refractivity contribution is 8.13. The van der Waals surface area contributed by atoms with Crippen LogP contribution in [0.15, 0.2) is 17.0 Å². The number of thioether (sulfide) groups is 1. The normalized spacial score (nSPS) is 10.1. The zero-order chi connectivity index (χ0) is 13.0. The van der Waals surface area contributed by atoms with Crippen LogP contribution < -0.4 is 0 Å². The number of esters is 1. The molecule has 0 saturated carbocycles. The number of carbonyl (C=O) groups is 2. The lowest BCUT2D eigenvalue weighted by atomic mass is 10.1. The fourth-order valence-electron chi connectivity index (χ4n) is 1.30. The predicted molar refractivity (Wildman–Crippen MR) is 65.2 cm³/mol. The van der Waals surface area contributed by atoms with Crippen molar-refractivity contribution in [1.29, 1.82) is 0 Å². The summed E-state index contributed by atoms with van der Waals surface area (Å²) in [5.74, 6) is -0.485. The van der Waals surface area contributed by atoms with E-state index in [1.807, 2.05) is 13.8 Å². The Morgan fingerprint density at radius 3 is 2.41 bits per heavy atom. The van der Waals surface area contributed by atoms with Crippen LogP contribution in [0, 0.1) is 13.8 Å². The molecule has 0 amide bonds. The minimum Gasteiger partial charge on any atom is -0.465 e. The average molecular weight is 254 g/mol. The van der Waals surface area contributed by atoms with Crippen LogP contribution in [-0.4, -0.2) is 29.9 Å². The standard InChI is InChI=1S/C12H14O4S/c1-7-4-9(12(15)16-3)10(5-8(7)2)17-11(14)6-13/h4-5,13H,6H2,1-3H3. The highest BCUT2D eigenvalue weighted by atomic mass is 32.2. The van der Waals surface area contributed by atoms with Gasteiger partial charge in [-0.2, -0.15) is 0 Å². The molecule has 0 aliphatic carbocycles. The molecule has 1 aromatic rings. The lowest BCUT2D eigenvalue weighted by molar-refractivity contribution is -0.113. The van der Waals surface area contributed by atoms with Crippen LogP contribution in [0.3, 0.4) is 0 Å². The summed E-state index contributed by atoms with van der Waals surface area (Å²) in [5.41, 5.74) is 2.28. The number of benzene rings is 1. The minimum absolute atomic E-state index is 0.349. The van der Waals surface area contributed by atoms with E-state index in [0.29, 0.717) is 10.5 Å². The smallest absolute Gasteiger partial charge is 0.339 e. The number of aryl methyl sites for hydroxylation is 2. The Morgan fingerprint density at radius 1 is 1.29 bits per heavy atom. The first kappa shape index (κ1) is 13.7. The van der Waals surface area contributed by atoms with Gasteiger partial charge in [0.25, 0.3) is 0 Å². The Balaban J connectivity index is 3.20. The summed E-state index contributed by atoms with van der Waals surface area (Å²) >= 11 is 0.847. The molecule has 0 unspecified atom stereocenters. The highest BCUT2D eigenvalue weighted by Gasteiger charge is 2.16. The maximum absolute atomic E-state index is 11.6. The number of carbonyl (C=O) groups excluding carboxylic acids is 2. The van der Waals surface area contributed by atoms with Crippen molar-refractivity contribution in [3.63, 3.8) is 0 Å². The molecule has 5 heteroatoms. The number of rotatable bonds is 3.